The molecule has 0 spiro atoms. The van der Waals surface area contributed by atoms with E-state index in [1.165, 1.54) is 105 Å². The highest BCUT2D eigenvalue weighted by atomic mass is 32.2. The summed E-state index contributed by atoms with van der Waals surface area (Å²) in [6, 6.07) is 0.594. The zero-order chi connectivity index (χ0) is 91.0. The summed E-state index contributed by atoms with van der Waals surface area (Å²) < 4.78 is 0. The van der Waals surface area contributed by atoms with E-state index >= 15 is 4.79 Å². The van der Waals surface area contributed by atoms with Crippen molar-refractivity contribution in [1.29, 1.82) is 0 Å². The third kappa shape index (κ3) is 37.4. The van der Waals surface area contributed by atoms with Crippen molar-refractivity contribution in [2.24, 2.45) is 23.5 Å². The van der Waals surface area contributed by atoms with Gasteiger partial charge >= 0.3 is 11.9 Å². The number of nitrogens with one attached hydrogen (secondary N) is 16. The Bertz CT molecular complexity index is 4180. The zero-order valence-corrected chi connectivity index (χ0v) is 71.5. The fraction of sp³-hybridized carbons (Fsp3) is 0.525. The van der Waals surface area contributed by atoms with Crippen LogP contribution < -0.4 is 85.5 Å². The molecule has 1 aromatic heterocycles. The number of H-pyrrole nitrogens is 1. The predicted molar refractivity (Wildman–Crippen MR) is 449 cm³/mol. The highest BCUT2D eigenvalue weighted by molar-refractivity contribution is 7.98. The third-order valence-corrected chi connectivity index (χ3v) is 19.8. The maximum absolute atomic E-state index is 15.1. The van der Waals surface area contributed by atoms with Crippen molar-refractivity contribution < 1.29 is 107 Å². The van der Waals surface area contributed by atoms with E-state index in [0.717, 1.165) is 0 Å². The lowest BCUT2D eigenvalue weighted by Gasteiger charge is -2.29. The lowest BCUT2D eigenvalue weighted by atomic mass is 9.98. The van der Waals surface area contributed by atoms with Crippen LogP contribution in [0.1, 0.15) is 117 Å². The lowest BCUT2D eigenvalue weighted by Crippen LogP contribution is -2.61. The van der Waals surface area contributed by atoms with Gasteiger partial charge in [-0.25, -0.2) is 4.98 Å². The number of aromatic amines is 1. The first-order valence-corrected chi connectivity index (χ1v) is 42.2. The van der Waals surface area contributed by atoms with E-state index in [2.05, 4.69) is 84.4 Å². The summed E-state index contributed by atoms with van der Waals surface area (Å²) in [4.78, 5) is 240. The summed E-state index contributed by atoms with van der Waals surface area (Å²) in [5, 5.41) is 87.4. The monoisotopic (exact) mass is 1740 g/mol. The predicted octanol–water partition coefficient (Wildman–Crippen LogP) is -3.18. The molecule has 670 valence electrons. The van der Waals surface area contributed by atoms with Crippen LogP contribution in [0.5, 0.6) is 11.5 Å². The van der Waals surface area contributed by atoms with E-state index in [4.69, 9.17) is 10.8 Å². The number of hydrogen-bond acceptors (Lipinski definition) is 24. The molecule has 0 bridgehead atoms. The van der Waals surface area contributed by atoms with Crippen LogP contribution in [0.3, 0.4) is 0 Å². The van der Waals surface area contributed by atoms with Crippen molar-refractivity contribution >= 4 is 124 Å². The van der Waals surface area contributed by atoms with Crippen molar-refractivity contribution in [1.82, 2.24) is 89.7 Å². The van der Waals surface area contributed by atoms with E-state index in [1.807, 2.05) is 5.32 Å². The Hall–Kier alpha value is -11.9. The summed E-state index contributed by atoms with van der Waals surface area (Å²) in [5.41, 5.74) is 7.11. The fourth-order valence-corrected chi connectivity index (χ4v) is 12.9. The molecular formula is C80H116N18O22S2. The van der Waals surface area contributed by atoms with Gasteiger partial charge in [0.15, 0.2) is 0 Å². The summed E-state index contributed by atoms with van der Waals surface area (Å²) in [7, 11) is 0. The standard InChI is InChI=1S/C80H116N18O22S2/c1-41(2)29-55(89-63(103)38-84-70(110)57(32-48-17-21-51(100)22-18-48)91-69(109)45(8)87-80(120)67(46(9)99)98-72(112)53(25-27-121-10)88-62(102)37-83-68(108)44(7)81)74(114)92-56(30-42(3)4)75(115)93-59(33-49-19-23-52(101)24-20-49)77(117)94-58(31-47-15-13-12-14-16-47)76(116)90-54(26-28-122-11)73(113)97-66(43(5)6)79(119)96-60(34-50-36-82-40-86-50)78(118)95-61(35-64(104)105)71(111)85-39-65(106)107/h12-24,36,40-46,53-61,66-67,99-101H,25-35,37-39,81H2,1-11H3,(H,82,86)(H,83,108)(H,84,110)(H,85,111)(H,87,120)(H,88,102)(H,89,103)(H,90,116)(H,91,109)(H,92,114)(H,93,115)(H,94,117)(H,95,118)(H,96,119)(H,97,113)(H,98,112)(H,104,105)(H,106,107)/t44-,45-,46+,53-,54-,55-,56-,57-,58-,59-,60-,61-,66-,67-/m0/s1. The number of benzene rings is 3. The fourth-order valence-electron chi connectivity index (χ4n) is 12.0. The second-order valence-corrected chi connectivity index (χ2v) is 32.3. The minimum atomic E-state index is -1.81. The number of phenols is 2. The van der Waals surface area contributed by atoms with E-state index in [0.29, 0.717) is 22.4 Å². The minimum absolute atomic E-state index is 0.0312. The highest BCUT2D eigenvalue weighted by Gasteiger charge is 2.39. The van der Waals surface area contributed by atoms with Gasteiger partial charge < -0.3 is 116 Å². The minimum Gasteiger partial charge on any atom is -0.508 e. The Kier molecular flexibility index (Phi) is 43.9. The van der Waals surface area contributed by atoms with Gasteiger partial charge in [-0.3, -0.25) is 81.5 Å². The average Bonchev–Trinajstić information content (AvgIpc) is 1.01. The smallest absolute Gasteiger partial charge is 0.322 e. The van der Waals surface area contributed by atoms with Gasteiger partial charge in [-0.05, 0) is 129 Å². The summed E-state index contributed by atoms with van der Waals surface area (Å²) in [6.45, 7) is 11.7. The number of hydrogen-bond donors (Lipinski definition) is 22. The largest absolute Gasteiger partial charge is 0.508 e. The first-order valence-electron chi connectivity index (χ1n) is 39.5. The van der Waals surface area contributed by atoms with Crippen molar-refractivity contribution in [3.8, 4) is 11.5 Å². The molecule has 0 aliphatic rings. The van der Waals surface area contributed by atoms with Crippen LogP contribution in [-0.4, -0.2) is 264 Å². The van der Waals surface area contributed by atoms with Crippen LogP contribution >= 0.6 is 23.5 Å². The van der Waals surface area contributed by atoms with Crippen molar-refractivity contribution in [2.75, 3.05) is 43.7 Å². The van der Waals surface area contributed by atoms with Gasteiger partial charge in [-0.2, -0.15) is 23.5 Å². The molecule has 23 N–H and O–H groups in total. The van der Waals surface area contributed by atoms with Gasteiger partial charge in [0.05, 0.1) is 43.7 Å². The molecule has 0 aliphatic carbocycles. The second-order valence-electron chi connectivity index (χ2n) is 30.3. The van der Waals surface area contributed by atoms with Gasteiger partial charge in [0, 0.05) is 31.9 Å². The third-order valence-electron chi connectivity index (χ3n) is 18.5. The van der Waals surface area contributed by atoms with E-state index in [9.17, 15) is 97.1 Å². The number of nitrogens with zero attached hydrogens (tertiary/aromatic N) is 1. The van der Waals surface area contributed by atoms with Crippen molar-refractivity contribution in [2.45, 2.75) is 205 Å². The van der Waals surface area contributed by atoms with Crippen LogP contribution in [0.15, 0.2) is 91.4 Å². The maximum atomic E-state index is 15.1. The summed E-state index contributed by atoms with van der Waals surface area (Å²) in [6.07, 6.45) is 2.45. The number of carboxylic acids is 2. The average molecular weight is 1750 g/mol. The Balaban J connectivity index is 1.59. The van der Waals surface area contributed by atoms with Crippen LogP contribution in [-0.2, 0) is 107 Å². The highest BCUT2D eigenvalue weighted by Crippen LogP contribution is 2.18. The number of imidazole rings is 1. The van der Waals surface area contributed by atoms with E-state index in [1.54, 1.807) is 84.4 Å². The first kappa shape index (κ1) is 102. The van der Waals surface area contributed by atoms with Crippen molar-refractivity contribution in [3.63, 3.8) is 0 Å². The number of rotatable bonds is 53. The van der Waals surface area contributed by atoms with Gasteiger partial charge in [0.2, 0.25) is 88.6 Å². The number of thioether (sulfide) groups is 2. The summed E-state index contributed by atoms with van der Waals surface area (Å²) in [5.74, 6) is -17.8. The zero-order valence-electron chi connectivity index (χ0n) is 69.9. The number of aromatic nitrogens is 2. The molecule has 122 heavy (non-hydrogen) atoms. The number of aliphatic hydroxyl groups excluding tert-OH is 1. The molecule has 4 rings (SSSR count). The van der Waals surface area contributed by atoms with Crippen LogP contribution in [0, 0.1) is 17.8 Å². The molecule has 4 aromatic rings. The van der Waals surface area contributed by atoms with Gasteiger partial charge in [0.1, 0.15) is 90.5 Å². The molecule has 40 nitrogen and oxygen atoms in total. The van der Waals surface area contributed by atoms with Crippen LogP contribution in [0.2, 0.25) is 0 Å². The van der Waals surface area contributed by atoms with E-state index < -0.39 is 217 Å². The van der Waals surface area contributed by atoms with Gasteiger partial charge in [0.25, 0.3) is 0 Å². The van der Waals surface area contributed by atoms with Gasteiger partial charge in [-0.1, -0.05) is 96.1 Å². The summed E-state index contributed by atoms with van der Waals surface area (Å²) >= 11 is 2.65. The Labute approximate surface area is 714 Å². The topological polar surface area (TPSA) is 626 Å². The normalized spacial score (nSPS) is 14.6. The first-order chi connectivity index (χ1) is 57.6. The molecule has 0 aliphatic heterocycles. The number of phenolic OH excluding ortho intramolecular Hbond substituents is 2. The van der Waals surface area contributed by atoms with Gasteiger partial charge in [-0.15, -0.1) is 0 Å². The number of amides is 15. The Morgan fingerprint density at radius 3 is 1.20 bits per heavy atom. The molecule has 42 heteroatoms. The molecule has 1 heterocycles. The molecule has 0 radical (unpaired) electrons. The quantitative estimate of drug-likeness (QED) is 0.0207. The molecule has 15 amide bonds. The number of carboxylic acid groups (broad SMARTS) is 2. The number of aromatic hydroxyl groups is 2. The number of aliphatic carboxylic acids is 2. The van der Waals surface area contributed by atoms with Crippen LogP contribution in [0.4, 0.5) is 0 Å². The number of carbonyl (C=O) groups is 17. The van der Waals surface area contributed by atoms with Crippen LogP contribution in [0.25, 0.3) is 0 Å². The molecule has 3 aromatic carbocycles. The van der Waals surface area contributed by atoms with E-state index in [-0.39, 0.29) is 86.1 Å². The molecule has 0 fully saturated rings. The SMILES string of the molecule is CSCC[C@H](NC(=O)CNC(=O)[C@H](C)N)C(=O)N[C@H](C(=O)N[C@@H](C)C(=O)N[C@@H](Cc1ccc(O)cc1)C(=O)NCC(=O)N[C@@H](CC(C)C)C(=O)N[C@@H](CC(C)C)C(=O)N[C@@H](Cc1ccc(O)cc1)C(=O)N[C@@H](Cc1ccccc1)C(=O)N[C@@H](CCSC)C(=O)N[C@H](C(=O)N[C@@H](Cc1c[nH]cn1)C(=O)N[C@@H](CC(=O)O)C(=O)NCC(=O)O)C(C)C)[C@@H](C)O. The molecule has 0 saturated carbocycles. The van der Waals surface area contributed by atoms with Crippen molar-refractivity contribution in [3.05, 3.63) is 114 Å². The molecular weight excluding hydrogens is 1630 g/mol. The number of carbonyl (C=O) groups excluding carboxylic acids is 15. The molecule has 0 saturated heterocycles. The maximum Gasteiger partial charge on any atom is 0.322 e. The molecule has 0 unspecified atom stereocenters. The molecule has 14 atom stereocenters. The Morgan fingerprint density at radius 2 is 0.762 bits per heavy atom. The number of aliphatic hydroxyl groups is 1. The Morgan fingerprint density at radius 1 is 0.393 bits per heavy atom. The second kappa shape index (κ2) is 52.3. The lowest BCUT2D eigenvalue weighted by molar-refractivity contribution is -0.142. The number of nitrogens with two attached hydrogens (primary N) is 1.